The van der Waals surface area contributed by atoms with Crippen LogP contribution in [0.25, 0.3) is 0 Å². The highest BCUT2D eigenvalue weighted by Gasteiger charge is 2.25. The third kappa shape index (κ3) is 4.94. The van der Waals surface area contributed by atoms with E-state index in [9.17, 15) is 5.11 Å². The van der Waals surface area contributed by atoms with Gasteiger partial charge < -0.3 is 15.2 Å². The van der Waals surface area contributed by atoms with E-state index >= 15 is 0 Å². The Hall–Kier alpha value is -0.120. The summed E-state index contributed by atoms with van der Waals surface area (Å²) in [7, 11) is 0. The monoisotopic (exact) mass is 241 g/mol. The van der Waals surface area contributed by atoms with Gasteiger partial charge in [-0.1, -0.05) is 13.8 Å². The van der Waals surface area contributed by atoms with Crippen molar-refractivity contribution in [1.29, 1.82) is 0 Å². The molecule has 3 heteroatoms. The number of aliphatic hydroxyl groups is 1. The molecule has 0 aromatic rings. The number of aliphatic hydroxyl groups excluding tert-OH is 1. The number of ether oxygens (including phenoxy) is 1. The first-order valence-corrected chi connectivity index (χ1v) is 7.16. The van der Waals surface area contributed by atoms with Gasteiger partial charge in [0.2, 0.25) is 0 Å². The van der Waals surface area contributed by atoms with Crippen LogP contribution in [0.4, 0.5) is 0 Å². The van der Waals surface area contributed by atoms with Gasteiger partial charge in [-0.15, -0.1) is 0 Å². The van der Waals surface area contributed by atoms with Crippen molar-refractivity contribution in [1.82, 2.24) is 5.32 Å². The van der Waals surface area contributed by atoms with Gasteiger partial charge in [-0.05, 0) is 43.9 Å². The largest absolute Gasteiger partial charge is 0.389 e. The van der Waals surface area contributed by atoms with E-state index in [2.05, 4.69) is 19.2 Å². The number of nitrogens with one attached hydrogen (secondary N) is 1. The van der Waals surface area contributed by atoms with Gasteiger partial charge in [-0.3, -0.25) is 0 Å². The fourth-order valence-corrected chi connectivity index (χ4v) is 2.91. The third-order valence-corrected chi connectivity index (χ3v) is 3.88. The van der Waals surface area contributed by atoms with Crippen molar-refractivity contribution in [2.75, 3.05) is 13.2 Å². The molecule has 0 bridgehead atoms. The molecule has 3 nitrogen and oxygen atoms in total. The Morgan fingerprint density at radius 2 is 1.82 bits per heavy atom. The van der Waals surface area contributed by atoms with Crippen LogP contribution in [0.2, 0.25) is 0 Å². The first-order valence-electron chi connectivity index (χ1n) is 7.16. The van der Waals surface area contributed by atoms with Crippen LogP contribution in [0.3, 0.4) is 0 Å². The summed E-state index contributed by atoms with van der Waals surface area (Å²) in [6.45, 7) is 5.78. The molecule has 0 aromatic heterocycles. The van der Waals surface area contributed by atoms with Gasteiger partial charge >= 0.3 is 0 Å². The molecule has 0 amide bonds. The lowest BCUT2D eigenvalue weighted by atomic mass is 9.82. The predicted molar refractivity (Wildman–Crippen MR) is 69.0 cm³/mol. The van der Waals surface area contributed by atoms with Gasteiger partial charge in [0.1, 0.15) is 0 Å². The van der Waals surface area contributed by atoms with Crippen molar-refractivity contribution in [3.8, 4) is 0 Å². The molecule has 0 spiro atoms. The van der Waals surface area contributed by atoms with Crippen molar-refractivity contribution < 1.29 is 9.84 Å². The van der Waals surface area contributed by atoms with Crippen LogP contribution in [0.5, 0.6) is 0 Å². The molecule has 100 valence electrons. The molecular weight excluding hydrogens is 214 g/mol. The average molecular weight is 241 g/mol. The molecule has 2 aliphatic carbocycles. The zero-order valence-electron chi connectivity index (χ0n) is 11.2. The van der Waals surface area contributed by atoms with Crippen LogP contribution in [0, 0.1) is 11.8 Å². The molecule has 2 saturated carbocycles. The van der Waals surface area contributed by atoms with Crippen molar-refractivity contribution in [2.24, 2.45) is 11.8 Å². The fourth-order valence-electron chi connectivity index (χ4n) is 2.91. The van der Waals surface area contributed by atoms with Gasteiger partial charge in [-0.25, -0.2) is 0 Å². The summed E-state index contributed by atoms with van der Waals surface area (Å²) in [6.07, 6.45) is 6.20. The van der Waals surface area contributed by atoms with Gasteiger partial charge in [0.05, 0.1) is 18.8 Å². The molecule has 2 aliphatic rings. The second kappa shape index (κ2) is 6.17. The molecular formula is C14H27NO2. The summed E-state index contributed by atoms with van der Waals surface area (Å²) in [5, 5.41) is 13.1. The van der Waals surface area contributed by atoms with E-state index in [4.69, 9.17) is 4.74 Å². The summed E-state index contributed by atoms with van der Waals surface area (Å²) in [6, 6.07) is 0.666. The highest BCUT2D eigenvalue weighted by Crippen LogP contribution is 2.30. The lowest BCUT2D eigenvalue weighted by molar-refractivity contribution is -0.0397. The molecule has 3 unspecified atom stereocenters. The van der Waals surface area contributed by atoms with Crippen LogP contribution in [-0.4, -0.2) is 36.5 Å². The van der Waals surface area contributed by atoms with Crippen LogP contribution in [0.15, 0.2) is 0 Å². The van der Waals surface area contributed by atoms with Crippen molar-refractivity contribution >= 4 is 0 Å². The van der Waals surface area contributed by atoms with Crippen molar-refractivity contribution in [3.05, 3.63) is 0 Å². The van der Waals surface area contributed by atoms with Gasteiger partial charge in [-0.2, -0.15) is 0 Å². The summed E-state index contributed by atoms with van der Waals surface area (Å²) < 4.78 is 5.85. The fraction of sp³-hybridized carbons (Fsp3) is 1.00. The Morgan fingerprint density at radius 1 is 1.18 bits per heavy atom. The Kier molecular flexibility index (Phi) is 4.83. The van der Waals surface area contributed by atoms with Crippen LogP contribution < -0.4 is 5.32 Å². The summed E-state index contributed by atoms with van der Waals surface area (Å²) in [5.74, 6) is 1.54. The van der Waals surface area contributed by atoms with E-state index in [1.165, 1.54) is 19.3 Å². The van der Waals surface area contributed by atoms with Gasteiger partial charge in [0.15, 0.2) is 0 Å². The molecule has 0 saturated heterocycles. The Balaban J connectivity index is 1.59. The quantitative estimate of drug-likeness (QED) is 0.747. The predicted octanol–water partition coefficient (Wildman–Crippen LogP) is 1.94. The van der Waals surface area contributed by atoms with Crippen LogP contribution in [0.1, 0.15) is 46.0 Å². The second-order valence-electron chi connectivity index (χ2n) is 6.21. The molecule has 0 heterocycles. The maximum Gasteiger partial charge on any atom is 0.0897 e. The maximum absolute atomic E-state index is 9.80. The standard InChI is InChI=1S/C14H27NO2/c1-10-5-11(2)7-14(6-10)17-9-13(16)8-15-12-3-4-12/h10-16H,3-9H2,1-2H3. The molecule has 2 N–H and O–H groups in total. The highest BCUT2D eigenvalue weighted by atomic mass is 16.5. The first-order chi connectivity index (χ1) is 8.13. The van der Waals surface area contributed by atoms with Gasteiger partial charge in [0, 0.05) is 12.6 Å². The van der Waals surface area contributed by atoms with E-state index in [0.29, 0.717) is 25.3 Å². The minimum Gasteiger partial charge on any atom is -0.389 e. The van der Waals surface area contributed by atoms with Gasteiger partial charge in [0.25, 0.3) is 0 Å². The minimum atomic E-state index is -0.344. The Bertz CT molecular complexity index is 220. The van der Waals surface area contributed by atoms with Crippen LogP contribution in [-0.2, 0) is 4.74 Å². The van der Waals surface area contributed by atoms with E-state index in [-0.39, 0.29) is 6.10 Å². The minimum absolute atomic E-state index is 0.344. The first kappa shape index (κ1) is 13.3. The highest BCUT2D eigenvalue weighted by molar-refractivity contribution is 4.82. The molecule has 2 rings (SSSR count). The van der Waals surface area contributed by atoms with Crippen molar-refractivity contribution in [2.45, 2.75) is 64.2 Å². The SMILES string of the molecule is CC1CC(C)CC(OCC(O)CNC2CC2)C1. The molecule has 0 radical (unpaired) electrons. The topological polar surface area (TPSA) is 41.5 Å². The van der Waals surface area contributed by atoms with Crippen molar-refractivity contribution in [3.63, 3.8) is 0 Å². The Morgan fingerprint density at radius 3 is 2.41 bits per heavy atom. The van der Waals surface area contributed by atoms with Crippen LogP contribution >= 0.6 is 0 Å². The zero-order chi connectivity index (χ0) is 12.3. The lowest BCUT2D eigenvalue weighted by Crippen LogP contribution is -2.34. The molecule has 0 aromatic carbocycles. The Labute approximate surface area is 105 Å². The van der Waals surface area contributed by atoms with E-state index in [0.717, 1.165) is 24.7 Å². The molecule has 17 heavy (non-hydrogen) atoms. The number of rotatable bonds is 6. The zero-order valence-corrected chi connectivity index (χ0v) is 11.2. The number of hydrogen-bond donors (Lipinski definition) is 2. The summed E-state index contributed by atoms with van der Waals surface area (Å²) >= 11 is 0. The van der Waals surface area contributed by atoms with E-state index in [1.54, 1.807) is 0 Å². The maximum atomic E-state index is 9.80. The second-order valence-corrected chi connectivity index (χ2v) is 6.21. The van der Waals surface area contributed by atoms with E-state index < -0.39 is 0 Å². The average Bonchev–Trinajstić information content (AvgIpc) is 3.06. The van der Waals surface area contributed by atoms with E-state index in [1.807, 2.05) is 0 Å². The molecule has 0 aliphatic heterocycles. The number of hydrogen-bond acceptors (Lipinski definition) is 3. The lowest BCUT2D eigenvalue weighted by Gasteiger charge is -2.31. The summed E-state index contributed by atoms with van der Waals surface area (Å²) in [4.78, 5) is 0. The summed E-state index contributed by atoms with van der Waals surface area (Å²) in [5.41, 5.74) is 0. The smallest absolute Gasteiger partial charge is 0.0897 e. The molecule has 3 atom stereocenters. The third-order valence-electron chi connectivity index (χ3n) is 3.88. The molecule has 2 fully saturated rings. The normalized spacial score (nSPS) is 35.8.